The van der Waals surface area contributed by atoms with Gasteiger partial charge in [-0.25, -0.2) is 9.59 Å². The average Bonchev–Trinajstić information content (AvgIpc) is 3.43. The highest BCUT2D eigenvalue weighted by Crippen LogP contribution is 2.41. The second kappa shape index (κ2) is 13.2. The van der Waals surface area contributed by atoms with Crippen molar-refractivity contribution in [2.24, 2.45) is 0 Å². The number of amides is 5. The van der Waals surface area contributed by atoms with Gasteiger partial charge in [-0.05, 0) is 42.7 Å². The van der Waals surface area contributed by atoms with Crippen LogP contribution in [0.1, 0.15) is 26.5 Å². The minimum Gasteiger partial charge on any atom is -0.477 e. The molecule has 0 saturated carbocycles. The molecule has 3 N–H and O–H groups in total. The summed E-state index contributed by atoms with van der Waals surface area (Å²) in [6, 6.07) is 12.1. The third-order valence-electron chi connectivity index (χ3n) is 7.04. The van der Waals surface area contributed by atoms with Crippen molar-refractivity contribution in [3.05, 3.63) is 81.5 Å². The van der Waals surface area contributed by atoms with Gasteiger partial charge in [-0.1, -0.05) is 59.5 Å². The van der Waals surface area contributed by atoms with Crippen molar-refractivity contribution in [2.75, 3.05) is 23.9 Å². The first-order valence-corrected chi connectivity index (χ1v) is 16.2. The Kier molecular flexibility index (Phi) is 9.36. The summed E-state index contributed by atoms with van der Waals surface area (Å²) >= 11 is 4.17. The second-order valence-corrected chi connectivity index (χ2v) is 13.5. The highest BCUT2D eigenvalue weighted by atomic mass is 32.2. The van der Waals surface area contributed by atoms with E-state index in [0.717, 1.165) is 15.5 Å². The Morgan fingerprint density at radius 3 is 2.52 bits per heavy atom. The molecule has 5 rings (SSSR count). The average molecular weight is 653 g/mol. The number of thioether (sulfide) groups is 2. The first-order valence-electron chi connectivity index (χ1n) is 13.4. The summed E-state index contributed by atoms with van der Waals surface area (Å²) in [7, 11) is 1.37. The number of para-hydroxylation sites is 1. The molecule has 3 heterocycles. The maximum absolute atomic E-state index is 13.1. The summed E-state index contributed by atoms with van der Waals surface area (Å²) in [5.74, 6) is -1.90. The van der Waals surface area contributed by atoms with E-state index in [1.54, 1.807) is 55.5 Å². The van der Waals surface area contributed by atoms with E-state index in [0.29, 0.717) is 38.2 Å². The molecule has 44 heavy (non-hydrogen) atoms. The molecule has 2 aliphatic heterocycles. The smallest absolute Gasteiger partial charge is 0.352 e. The normalized spacial score (nSPS) is 17.4. The number of carbonyl (C=O) groups is 5. The predicted molar refractivity (Wildman–Crippen MR) is 167 cm³/mol. The standard InChI is InChI=1S/C29H28N6O6S3/c1-15-8-4-6-10-19(15)24(37)34(3)28(41)30-20-11-7-5-9-17(20)12-21(36)31-22-25(38)35-23(27(39)40)18(13-42-26(22)35)14-43-29-33-32-16(2)44-29/h4-11,22,26H,12-14H2,1-3H3,(H,30,41)(H,31,36)(H,39,40)/t22?,26-/m1/s1. The number of hydrogen-bond donors (Lipinski definition) is 3. The third kappa shape index (κ3) is 6.49. The van der Waals surface area contributed by atoms with Gasteiger partial charge in [-0.2, -0.15) is 0 Å². The van der Waals surface area contributed by atoms with Crippen molar-refractivity contribution < 1.29 is 29.1 Å². The molecular weight excluding hydrogens is 625 g/mol. The number of rotatable bonds is 9. The topological polar surface area (TPSA) is 162 Å². The minimum atomic E-state index is -1.20. The van der Waals surface area contributed by atoms with Crippen molar-refractivity contribution in [2.45, 2.75) is 36.0 Å². The largest absolute Gasteiger partial charge is 0.477 e. The zero-order valence-corrected chi connectivity index (χ0v) is 26.3. The molecule has 0 bridgehead atoms. The van der Waals surface area contributed by atoms with E-state index in [1.807, 2.05) is 6.92 Å². The molecule has 5 amide bonds. The second-order valence-electron chi connectivity index (χ2n) is 10.0. The van der Waals surface area contributed by atoms with Crippen molar-refractivity contribution >= 4 is 70.3 Å². The first-order chi connectivity index (χ1) is 21.0. The van der Waals surface area contributed by atoms with Crippen LogP contribution in [0.3, 0.4) is 0 Å². The molecule has 0 aliphatic carbocycles. The lowest BCUT2D eigenvalue weighted by Gasteiger charge is -2.49. The number of carboxylic acids is 1. The molecule has 0 spiro atoms. The summed E-state index contributed by atoms with van der Waals surface area (Å²) in [5.41, 5.74) is 2.50. The fourth-order valence-electron chi connectivity index (χ4n) is 4.76. The monoisotopic (exact) mass is 652 g/mol. The van der Waals surface area contributed by atoms with Crippen molar-refractivity contribution in [1.82, 2.24) is 25.3 Å². The van der Waals surface area contributed by atoms with Gasteiger partial charge in [-0.3, -0.25) is 24.2 Å². The lowest BCUT2D eigenvalue weighted by atomic mass is 10.0. The van der Waals surface area contributed by atoms with Gasteiger partial charge in [0.05, 0.1) is 6.42 Å². The van der Waals surface area contributed by atoms with E-state index in [4.69, 9.17) is 0 Å². The molecule has 0 radical (unpaired) electrons. The van der Waals surface area contributed by atoms with Crippen LogP contribution < -0.4 is 10.6 Å². The first kappa shape index (κ1) is 31.2. The molecule has 2 aliphatic rings. The molecule has 3 aromatic rings. The summed E-state index contributed by atoms with van der Waals surface area (Å²) in [5, 5.41) is 23.6. The number of fused-ring (bicyclic) bond motifs is 1. The number of urea groups is 1. The molecule has 2 aromatic carbocycles. The lowest BCUT2D eigenvalue weighted by molar-refractivity contribution is -0.150. The number of imide groups is 1. The van der Waals surface area contributed by atoms with Gasteiger partial charge in [0, 0.05) is 29.8 Å². The van der Waals surface area contributed by atoms with E-state index in [-0.39, 0.29) is 12.1 Å². The molecule has 12 nitrogen and oxygen atoms in total. The lowest BCUT2D eigenvalue weighted by Crippen LogP contribution is -2.70. The van der Waals surface area contributed by atoms with Crippen LogP contribution >= 0.6 is 34.9 Å². The number of benzene rings is 2. The van der Waals surface area contributed by atoms with Gasteiger partial charge in [0.25, 0.3) is 11.8 Å². The third-order valence-corrected chi connectivity index (χ3v) is 10.4. The summed E-state index contributed by atoms with van der Waals surface area (Å²) in [6.45, 7) is 3.62. The predicted octanol–water partition coefficient (Wildman–Crippen LogP) is 3.53. The number of nitrogens with one attached hydrogen (secondary N) is 2. The van der Waals surface area contributed by atoms with Gasteiger partial charge in [0.1, 0.15) is 22.1 Å². The van der Waals surface area contributed by atoms with Crippen molar-refractivity contribution in [3.8, 4) is 0 Å². The number of carbonyl (C=O) groups excluding carboxylic acids is 4. The van der Waals surface area contributed by atoms with Gasteiger partial charge in [0.2, 0.25) is 5.91 Å². The maximum atomic E-state index is 13.1. The van der Waals surface area contributed by atoms with Crippen LogP contribution in [0.4, 0.5) is 10.5 Å². The van der Waals surface area contributed by atoms with Gasteiger partial charge in [-0.15, -0.1) is 22.0 Å². The zero-order chi connectivity index (χ0) is 31.5. The van der Waals surface area contributed by atoms with E-state index >= 15 is 0 Å². The van der Waals surface area contributed by atoms with Crippen LogP contribution in [0, 0.1) is 13.8 Å². The molecule has 2 atom stereocenters. The molecule has 1 aromatic heterocycles. The Labute approximate surface area is 265 Å². The molecule has 1 unspecified atom stereocenters. The van der Waals surface area contributed by atoms with Crippen LogP contribution in [0.15, 0.2) is 64.1 Å². The fraction of sp³-hybridized carbons (Fsp3) is 0.276. The van der Waals surface area contributed by atoms with Crippen molar-refractivity contribution in [3.63, 3.8) is 0 Å². The van der Waals surface area contributed by atoms with Crippen LogP contribution in [0.2, 0.25) is 0 Å². The van der Waals surface area contributed by atoms with Gasteiger partial charge < -0.3 is 15.7 Å². The fourth-order valence-corrected chi connectivity index (χ4v) is 8.06. The maximum Gasteiger partial charge on any atom is 0.352 e. The molecule has 228 valence electrons. The summed E-state index contributed by atoms with van der Waals surface area (Å²) in [6.07, 6.45) is -0.155. The van der Waals surface area contributed by atoms with Crippen LogP contribution in [-0.2, 0) is 20.8 Å². The molecule has 1 saturated heterocycles. The highest BCUT2D eigenvalue weighted by Gasteiger charge is 2.54. The minimum absolute atomic E-state index is 0.0598. The Morgan fingerprint density at radius 1 is 1.09 bits per heavy atom. The van der Waals surface area contributed by atoms with Gasteiger partial charge in [0.15, 0.2) is 4.34 Å². The van der Waals surface area contributed by atoms with Crippen molar-refractivity contribution in [1.29, 1.82) is 0 Å². The van der Waals surface area contributed by atoms with E-state index < -0.39 is 41.1 Å². The quantitative estimate of drug-likeness (QED) is 0.230. The number of nitrogens with zero attached hydrogens (tertiary/aromatic N) is 4. The Bertz CT molecular complexity index is 1690. The number of carboxylic acid groups (broad SMARTS) is 1. The van der Waals surface area contributed by atoms with Crippen LogP contribution in [0.25, 0.3) is 0 Å². The van der Waals surface area contributed by atoms with E-state index in [9.17, 15) is 29.1 Å². The SMILES string of the molecule is Cc1nnc(SCC2=C(C(=O)O)N3C(=O)C(NC(=O)Cc4ccccc4NC(=O)N(C)C(=O)c4ccccc4C)[C@H]3SC2)s1. The summed E-state index contributed by atoms with van der Waals surface area (Å²) in [4.78, 5) is 66.3. The number of anilines is 1. The number of aryl methyl sites for hydroxylation is 2. The Balaban J connectivity index is 1.21. The Morgan fingerprint density at radius 2 is 1.82 bits per heavy atom. The van der Waals surface area contributed by atoms with Crippen LogP contribution in [0.5, 0.6) is 0 Å². The molecular formula is C29H28N6O6S3. The number of aromatic nitrogens is 2. The molecule has 15 heteroatoms. The summed E-state index contributed by atoms with van der Waals surface area (Å²) < 4.78 is 0.716. The van der Waals surface area contributed by atoms with E-state index in [2.05, 4.69) is 20.8 Å². The number of aliphatic carboxylic acids is 1. The zero-order valence-electron chi connectivity index (χ0n) is 23.9. The molecule has 1 fully saturated rings. The number of β-lactam (4-membered cyclic amide) rings is 1. The van der Waals surface area contributed by atoms with Gasteiger partial charge >= 0.3 is 12.0 Å². The highest BCUT2D eigenvalue weighted by molar-refractivity contribution is 8.01. The Hall–Kier alpha value is -4.21. The van der Waals surface area contributed by atoms with E-state index in [1.165, 1.54) is 46.8 Å². The van der Waals surface area contributed by atoms with Crippen LogP contribution in [-0.4, -0.2) is 84.8 Å². The number of hydrogen-bond acceptors (Lipinski definition) is 10.